The number of nitrogens with zero attached hydrogens (tertiary/aromatic N) is 4. The van der Waals surface area contributed by atoms with Crippen LogP contribution in [0.2, 0.25) is 0 Å². The Labute approximate surface area is 371 Å². The standard InChI is InChI=1S/C54H56N4O.Au/c1-51(2,3)36-25-26-45(40(30-36)33-19-14-13-15-20-33)58-46-24-18-21-39(47(46)57-50(58)41-31-38(53(7,8)9)32-42(48(41)59)54(10,11)12)34-27-35(29-37(28-34)52(4,5)6)49-55-43-22-16-17-23-44(43)56-49;/h13-26,28-32H,1-12H3,(H-,55,56,57,59);/q-2;. The van der Waals surface area contributed by atoms with Crippen molar-refractivity contribution in [2.75, 3.05) is 0 Å². The maximum absolute atomic E-state index is 12.5. The fraction of sp³-hybridized carbons (Fsp3) is 0.296. The summed E-state index contributed by atoms with van der Waals surface area (Å²) >= 11 is 0. The second kappa shape index (κ2) is 15.4. The Morgan fingerprint density at radius 2 is 1.17 bits per heavy atom. The Balaban J connectivity index is 0.00000544. The summed E-state index contributed by atoms with van der Waals surface area (Å²) in [6.45, 7) is 26.6. The topological polar surface area (TPSA) is 65.0 Å². The number of benzene rings is 6. The average molecular weight is 974 g/mol. The van der Waals surface area contributed by atoms with E-state index in [2.05, 4.69) is 185 Å². The number of aromatic nitrogens is 4. The van der Waals surface area contributed by atoms with Gasteiger partial charge in [-0.3, -0.25) is 4.57 Å². The van der Waals surface area contributed by atoms with Crippen LogP contribution in [0.5, 0.6) is 5.75 Å². The molecule has 1 N–H and O–H groups in total. The van der Waals surface area contributed by atoms with Crippen LogP contribution in [0.3, 0.4) is 0 Å². The Hall–Kier alpha value is -5.20. The number of imidazole rings is 2. The minimum absolute atomic E-state index is 0. The summed E-state index contributed by atoms with van der Waals surface area (Å²) < 4.78 is 2.27. The molecule has 0 atom stereocenters. The SMILES string of the molecule is CC(C)(C)c1cc(-c2nc3ccccc3[n-]2)[c-]c(-c2cccc3c2nc(-c2cc(C(C)(C)C)cc(C(C)(C)C)c2O)n3-c2ccc(C(C)(C)C)cc2-c2ccccc2)c1.[Au]. The van der Waals surface area contributed by atoms with Crippen LogP contribution in [-0.4, -0.2) is 19.6 Å². The van der Waals surface area contributed by atoms with Gasteiger partial charge < -0.3 is 15.1 Å². The van der Waals surface area contributed by atoms with Crippen LogP contribution in [0, 0.1) is 6.07 Å². The minimum atomic E-state index is -0.321. The molecule has 0 fully saturated rings. The summed E-state index contributed by atoms with van der Waals surface area (Å²) in [5.41, 5.74) is 13.8. The number of aromatic hydroxyl groups is 1. The molecule has 0 bridgehead atoms. The van der Waals surface area contributed by atoms with E-state index in [4.69, 9.17) is 15.0 Å². The van der Waals surface area contributed by atoms with Crippen molar-refractivity contribution in [2.24, 2.45) is 0 Å². The largest absolute Gasteiger partial charge is 0.507 e. The molecule has 1 radical (unpaired) electrons. The molecule has 2 aromatic heterocycles. The van der Waals surface area contributed by atoms with Gasteiger partial charge in [-0.2, -0.15) is 0 Å². The van der Waals surface area contributed by atoms with Crippen LogP contribution in [0.25, 0.3) is 72.8 Å². The Bertz CT molecular complexity index is 2840. The number of phenolic OH excluding ortho intramolecular Hbond substituents is 1. The molecule has 311 valence electrons. The first-order valence-electron chi connectivity index (χ1n) is 20.8. The summed E-state index contributed by atoms with van der Waals surface area (Å²) in [4.78, 5) is 15.5. The predicted molar refractivity (Wildman–Crippen MR) is 247 cm³/mol. The van der Waals surface area contributed by atoms with Crippen LogP contribution in [0.4, 0.5) is 0 Å². The van der Waals surface area contributed by atoms with E-state index in [0.717, 1.165) is 72.3 Å². The quantitative estimate of drug-likeness (QED) is 0.138. The molecular weight excluding hydrogens is 918 g/mol. The number of fused-ring (bicyclic) bond motifs is 2. The van der Waals surface area contributed by atoms with Gasteiger partial charge in [0.1, 0.15) is 11.6 Å². The van der Waals surface area contributed by atoms with E-state index in [1.807, 2.05) is 24.3 Å². The molecule has 0 unspecified atom stereocenters. The third kappa shape index (κ3) is 8.03. The molecule has 0 saturated carbocycles. The number of phenols is 1. The first kappa shape index (κ1) is 42.9. The van der Waals surface area contributed by atoms with Crippen LogP contribution >= 0.6 is 0 Å². The van der Waals surface area contributed by atoms with E-state index in [0.29, 0.717) is 17.2 Å². The summed E-state index contributed by atoms with van der Waals surface area (Å²) in [7, 11) is 0. The van der Waals surface area contributed by atoms with E-state index in [-0.39, 0.29) is 49.8 Å². The number of para-hydroxylation sites is 3. The smallest absolute Gasteiger partial charge is 0.148 e. The zero-order chi connectivity index (χ0) is 42.2. The maximum atomic E-state index is 12.5. The molecule has 6 heteroatoms. The zero-order valence-electron chi connectivity index (χ0n) is 37.0. The predicted octanol–water partition coefficient (Wildman–Crippen LogP) is 13.9. The van der Waals surface area contributed by atoms with Crippen molar-refractivity contribution in [3.63, 3.8) is 0 Å². The van der Waals surface area contributed by atoms with Crippen molar-refractivity contribution < 1.29 is 27.5 Å². The Morgan fingerprint density at radius 1 is 0.550 bits per heavy atom. The number of hydrogen-bond donors (Lipinski definition) is 1. The third-order valence-electron chi connectivity index (χ3n) is 11.5. The Kier molecular flexibility index (Phi) is 11.0. The zero-order valence-corrected chi connectivity index (χ0v) is 39.2. The van der Waals surface area contributed by atoms with Crippen LogP contribution in [-0.2, 0) is 44.0 Å². The van der Waals surface area contributed by atoms with E-state index in [9.17, 15) is 5.11 Å². The number of hydrogen-bond acceptors (Lipinski definition) is 3. The van der Waals surface area contributed by atoms with Crippen LogP contribution < -0.4 is 4.98 Å². The van der Waals surface area contributed by atoms with Gasteiger partial charge in [0.15, 0.2) is 0 Å². The summed E-state index contributed by atoms with van der Waals surface area (Å²) in [5, 5.41) is 12.5. The van der Waals surface area contributed by atoms with Crippen molar-refractivity contribution in [1.29, 1.82) is 0 Å². The van der Waals surface area contributed by atoms with Crippen molar-refractivity contribution >= 4 is 22.1 Å². The van der Waals surface area contributed by atoms with Crippen LogP contribution in [0.1, 0.15) is 105 Å². The van der Waals surface area contributed by atoms with Crippen LogP contribution in [0.15, 0.2) is 115 Å². The van der Waals surface area contributed by atoms with Gasteiger partial charge in [-0.25, -0.2) is 4.98 Å². The van der Waals surface area contributed by atoms with E-state index in [1.54, 1.807) is 0 Å². The molecule has 0 aliphatic carbocycles. The second-order valence-corrected chi connectivity index (χ2v) is 20.2. The van der Waals surface area contributed by atoms with Crippen molar-refractivity contribution in [3.05, 3.63) is 144 Å². The van der Waals surface area contributed by atoms with E-state index in [1.165, 1.54) is 5.56 Å². The Morgan fingerprint density at radius 3 is 1.82 bits per heavy atom. The van der Waals surface area contributed by atoms with Gasteiger partial charge >= 0.3 is 0 Å². The van der Waals surface area contributed by atoms with Gasteiger partial charge in [0.2, 0.25) is 0 Å². The molecular formula is C54H56AuN4O-2. The minimum Gasteiger partial charge on any atom is -0.507 e. The average Bonchev–Trinajstić information content (AvgIpc) is 3.79. The third-order valence-corrected chi connectivity index (χ3v) is 11.5. The van der Waals surface area contributed by atoms with Gasteiger partial charge in [0, 0.05) is 33.5 Å². The molecule has 0 saturated heterocycles. The molecule has 0 aliphatic heterocycles. The summed E-state index contributed by atoms with van der Waals surface area (Å²) in [5.74, 6) is 1.59. The first-order valence-corrected chi connectivity index (χ1v) is 20.8. The maximum Gasteiger partial charge on any atom is 0.148 e. The van der Waals surface area contributed by atoms with Gasteiger partial charge in [-0.1, -0.05) is 168 Å². The molecule has 8 aromatic rings. The fourth-order valence-electron chi connectivity index (χ4n) is 7.89. The first-order chi connectivity index (χ1) is 27.7. The van der Waals surface area contributed by atoms with Crippen molar-refractivity contribution in [3.8, 4) is 56.5 Å². The monoisotopic (exact) mass is 973 g/mol. The number of rotatable bonds is 5. The van der Waals surface area contributed by atoms with Gasteiger partial charge in [-0.15, -0.1) is 40.7 Å². The fourth-order valence-corrected chi connectivity index (χ4v) is 7.89. The van der Waals surface area contributed by atoms with E-state index < -0.39 is 0 Å². The van der Waals surface area contributed by atoms with Gasteiger partial charge in [-0.05, 0) is 73.6 Å². The van der Waals surface area contributed by atoms with Gasteiger partial charge in [0.25, 0.3) is 0 Å². The molecule has 0 spiro atoms. The summed E-state index contributed by atoms with van der Waals surface area (Å²) in [6, 6.07) is 44.3. The molecule has 5 nitrogen and oxygen atoms in total. The normalized spacial score (nSPS) is 12.6. The van der Waals surface area contributed by atoms with E-state index >= 15 is 0 Å². The second-order valence-electron chi connectivity index (χ2n) is 20.2. The molecule has 6 aromatic carbocycles. The van der Waals surface area contributed by atoms with Gasteiger partial charge in [0.05, 0.1) is 22.3 Å². The molecule has 0 amide bonds. The molecule has 60 heavy (non-hydrogen) atoms. The summed E-state index contributed by atoms with van der Waals surface area (Å²) in [6.07, 6.45) is 0. The molecule has 0 aliphatic rings. The molecule has 2 heterocycles. The van der Waals surface area contributed by atoms with Crippen molar-refractivity contribution in [2.45, 2.75) is 105 Å². The molecule has 8 rings (SSSR count). The van der Waals surface area contributed by atoms with Crippen molar-refractivity contribution in [1.82, 2.24) is 19.5 Å².